The van der Waals surface area contributed by atoms with Crippen LogP contribution in [0.2, 0.25) is 0 Å². The van der Waals surface area contributed by atoms with Crippen molar-refractivity contribution in [3.8, 4) is 6.07 Å². The van der Waals surface area contributed by atoms with Crippen molar-refractivity contribution in [2.45, 2.75) is 39.2 Å². The monoisotopic (exact) mass is 375 g/mol. The van der Waals surface area contributed by atoms with Gasteiger partial charge in [-0.25, -0.2) is 4.98 Å². The Kier molecular flexibility index (Phi) is 4.99. The summed E-state index contributed by atoms with van der Waals surface area (Å²) in [7, 11) is 0. The van der Waals surface area contributed by atoms with Crippen LogP contribution in [0.25, 0.3) is 0 Å². The summed E-state index contributed by atoms with van der Waals surface area (Å²) in [5, 5.41) is 9.51. The molecule has 6 nitrogen and oxygen atoms in total. The highest BCUT2D eigenvalue weighted by atomic mass is 16.2. The number of nitriles is 1. The molecule has 2 fully saturated rings. The molecule has 28 heavy (non-hydrogen) atoms. The minimum Gasteiger partial charge on any atom is -0.355 e. The number of piperidine rings is 2. The number of nitrogens with zero attached hydrogens (tertiary/aromatic N) is 5. The van der Waals surface area contributed by atoms with E-state index < -0.39 is 0 Å². The van der Waals surface area contributed by atoms with Crippen molar-refractivity contribution in [3.63, 3.8) is 0 Å². The molecule has 0 aliphatic carbocycles. The SMILES string of the molecule is Cc1ccc(C#N)c(N2CCCC3(CCC(=O)N(Cc4ccccn4)C3)C2)n1. The molecule has 0 radical (unpaired) electrons. The summed E-state index contributed by atoms with van der Waals surface area (Å²) in [6, 6.07) is 11.8. The van der Waals surface area contributed by atoms with E-state index in [1.807, 2.05) is 42.2 Å². The molecular formula is C22H25N5O. The minimum atomic E-state index is 0.0547. The van der Waals surface area contributed by atoms with E-state index in [4.69, 9.17) is 0 Å². The molecule has 2 aromatic heterocycles. The lowest BCUT2D eigenvalue weighted by Crippen LogP contribution is -2.54. The molecule has 4 heterocycles. The summed E-state index contributed by atoms with van der Waals surface area (Å²) in [5.41, 5.74) is 2.52. The zero-order valence-corrected chi connectivity index (χ0v) is 16.3. The molecule has 4 rings (SSSR count). The molecule has 0 saturated carbocycles. The first kappa shape index (κ1) is 18.4. The second kappa shape index (κ2) is 7.59. The summed E-state index contributed by atoms with van der Waals surface area (Å²) in [4.78, 5) is 25.8. The van der Waals surface area contributed by atoms with Crippen LogP contribution in [0.5, 0.6) is 0 Å². The molecule has 144 valence electrons. The van der Waals surface area contributed by atoms with E-state index in [9.17, 15) is 10.1 Å². The quantitative estimate of drug-likeness (QED) is 0.824. The first-order valence-corrected chi connectivity index (χ1v) is 9.89. The maximum atomic E-state index is 12.6. The summed E-state index contributed by atoms with van der Waals surface area (Å²) in [5.74, 6) is 0.995. The number of carbonyl (C=O) groups is 1. The van der Waals surface area contributed by atoms with Crippen LogP contribution in [0.4, 0.5) is 5.82 Å². The topological polar surface area (TPSA) is 73.1 Å². The number of aryl methyl sites for hydroxylation is 1. The van der Waals surface area contributed by atoms with Crippen LogP contribution in [0.15, 0.2) is 36.5 Å². The molecule has 2 aromatic rings. The van der Waals surface area contributed by atoms with Crippen LogP contribution in [-0.2, 0) is 11.3 Å². The zero-order chi connectivity index (χ0) is 19.6. The number of anilines is 1. The van der Waals surface area contributed by atoms with Crippen molar-refractivity contribution in [3.05, 3.63) is 53.5 Å². The number of hydrogen-bond donors (Lipinski definition) is 0. The van der Waals surface area contributed by atoms with Gasteiger partial charge in [0, 0.05) is 43.4 Å². The van der Waals surface area contributed by atoms with E-state index in [0.717, 1.165) is 56.1 Å². The Morgan fingerprint density at radius 2 is 2.11 bits per heavy atom. The zero-order valence-electron chi connectivity index (χ0n) is 16.3. The second-order valence-corrected chi connectivity index (χ2v) is 8.03. The summed E-state index contributed by atoms with van der Waals surface area (Å²) < 4.78 is 0. The summed E-state index contributed by atoms with van der Waals surface area (Å²) in [6.45, 7) is 5.00. The lowest BCUT2D eigenvalue weighted by Gasteiger charge is -2.48. The normalized spacial score (nSPS) is 22.4. The molecule has 6 heteroatoms. The van der Waals surface area contributed by atoms with Gasteiger partial charge in [0.1, 0.15) is 11.9 Å². The Hall–Kier alpha value is -2.94. The van der Waals surface area contributed by atoms with Crippen LogP contribution in [-0.4, -0.2) is 40.4 Å². The number of aromatic nitrogens is 2. The van der Waals surface area contributed by atoms with E-state index in [1.165, 1.54) is 0 Å². The van der Waals surface area contributed by atoms with E-state index in [2.05, 4.69) is 20.9 Å². The number of pyridine rings is 2. The van der Waals surface area contributed by atoms with Crippen LogP contribution in [0.3, 0.4) is 0 Å². The van der Waals surface area contributed by atoms with Gasteiger partial charge in [-0.15, -0.1) is 0 Å². The molecule has 1 unspecified atom stereocenters. The lowest BCUT2D eigenvalue weighted by molar-refractivity contribution is -0.138. The predicted molar refractivity (Wildman–Crippen MR) is 106 cm³/mol. The van der Waals surface area contributed by atoms with E-state index in [1.54, 1.807) is 6.20 Å². The minimum absolute atomic E-state index is 0.0547. The Bertz CT molecular complexity index is 907. The Morgan fingerprint density at radius 1 is 1.21 bits per heavy atom. The van der Waals surface area contributed by atoms with Crippen LogP contribution in [0, 0.1) is 23.7 Å². The van der Waals surface area contributed by atoms with Gasteiger partial charge >= 0.3 is 0 Å². The molecule has 2 aliphatic heterocycles. The van der Waals surface area contributed by atoms with Crippen molar-refractivity contribution in [2.75, 3.05) is 24.5 Å². The van der Waals surface area contributed by atoms with E-state index in [-0.39, 0.29) is 11.3 Å². The highest BCUT2D eigenvalue weighted by Gasteiger charge is 2.42. The standard InChI is InChI=1S/C22H25N5O/c1-17-6-7-18(13-23)21(25-17)26-12-4-9-22(15-26)10-8-20(28)27(16-22)14-19-5-2-3-11-24-19/h2-3,5-7,11H,4,8-10,12,14-16H2,1H3. The summed E-state index contributed by atoms with van der Waals surface area (Å²) in [6.07, 6.45) is 5.39. The number of likely N-dealkylation sites (tertiary alicyclic amines) is 1. The molecule has 2 saturated heterocycles. The van der Waals surface area contributed by atoms with Gasteiger partial charge in [-0.3, -0.25) is 9.78 Å². The second-order valence-electron chi connectivity index (χ2n) is 8.03. The van der Waals surface area contributed by atoms with Gasteiger partial charge in [0.25, 0.3) is 0 Å². The van der Waals surface area contributed by atoms with Crippen molar-refractivity contribution < 1.29 is 4.79 Å². The number of carbonyl (C=O) groups excluding carboxylic acids is 1. The maximum absolute atomic E-state index is 12.6. The average Bonchev–Trinajstić information content (AvgIpc) is 2.72. The van der Waals surface area contributed by atoms with E-state index >= 15 is 0 Å². The van der Waals surface area contributed by atoms with Gasteiger partial charge < -0.3 is 9.80 Å². The molecule has 1 spiro atoms. The highest BCUT2D eigenvalue weighted by molar-refractivity contribution is 5.77. The number of rotatable bonds is 3. The molecule has 1 amide bonds. The Balaban J connectivity index is 1.55. The highest BCUT2D eigenvalue weighted by Crippen LogP contribution is 2.40. The predicted octanol–water partition coefficient (Wildman–Crippen LogP) is 3.07. The first-order valence-electron chi connectivity index (χ1n) is 9.89. The van der Waals surface area contributed by atoms with Gasteiger partial charge in [0.15, 0.2) is 0 Å². The fourth-order valence-corrected chi connectivity index (χ4v) is 4.53. The fourth-order valence-electron chi connectivity index (χ4n) is 4.53. The molecule has 0 aromatic carbocycles. The third kappa shape index (κ3) is 3.70. The maximum Gasteiger partial charge on any atom is 0.222 e. The molecule has 2 aliphatic rings. The Labute approximate surface area is 165 Å². The number of amides is 1. The van der Waals surface area contributed by atoms with Gasteiger partial charge in [-0.2, -0.15) is 5.26 Å². The largest absolute Gasteiger partial charge is 0.355 e. The fraction of sp³-hybridized carbons (Fsp3) is 0.455. The van der Waals surface area contributed by atoms with Crippen LogP contribution in [0.1, 0.15) is 42.6 Å². The summed E-state index contributed by atoms with van der Waals surface area (Å²) >= 11 is 0. The molecule has 1 atom stereocenters. The van der Waals surface area contributed by atoms with Crippen molar-refractivity contribution in [1.82, 2.24) is 14.9 Å². The molecule has 0 N–H and O–H groups in total. The van der Waals surface area contributed by atoms with Crippen LogP contribution >= 0.6 is 0 Å². The van der Waals surface area contributed by atoms with Crippen molar-refractivity contribution >= 4 is 11.7 Å². The van der Waals surface area contributed by atoms with Gasteiger partial charge in [0.05, 0.1) is 17.8 Å². The third-order valence-corrected chi connectivity index (χ3v) is 5.92. The number of hydrogen-bond acceptors (Lipinski definition) is 5. The van der Waals surface area contributed by atoms with Crippen molar-refractivity contribution in [1.29, 1.82) is 5.26 Å². The molecule has 0 bridgehead atoms. The lowest BCUT2D eigenvalue weighted by atomic mass is 9.73. The van der Waals surface area contributed by atoms with Gasteiger partial charge in [0.2, 0.25) is 5.91 Å². The average molecular weight is 375 g/mol. The van der Waals surface area contributed by atoms with Crippen molar-refractivity contribution in [2.24, 2.45) is 5.41 Å². The Morgan fingerprint density at radius 3 is 2.89 bits per heavy atom. The van der Waals surface area contributed by atoms with Gasteiger partial charge in [-0.1, -0.05) is 6.07 Å². The van der Waals surface area contributed by atoms with Crippen LogP contribution < -0.4 is 4.90 Å². The van der Waals surface area contributed by atoms with Gasteiger partial charge in [-0.05, 0) is 50.5 Å². The first-order chi connectivity index (χ1) is 13.6. The third-order valence-electron chi connectivity index (χ3n) is 5.92. The van der Waals surface area contributed by atoms with E-state index in [0.29, 0.717) is 18.5 Å². The molecular weight excluding hydrogens is 350 g/mol. The smallest absolute Gasteiger partial charge is 0.222 e.